The van der Waals surface area contributed by atoms with Crippen LogP contribution < -0.4 is 10.6 Å². The SMILES string of the molecule is CN(CCNC(=O)c1cccc(CCNCCc2ccc(O)c3c2SC(=O)[C@]2(C)CCC32)c1)CCc1cnc(C(O)(c2ccccc2)C2CCCCC2)o1. The fourth-order valence-electron chi connectivity index (χ4n) is 8.60. The number of nitrogens with zero attached hydrogens (tertiary/aromatic N) is 2. The first-order valence-electron chi connectivity index (χ1n) is 19.7. The van der Waals surface area contributed by atoms with Gasteiger partial charge < -0.3 is 30.2 Å². The first-order chi connectivity index (χ1) is 26.2. The Hall–Kier alpha value is -3.96. The molecule has 0 radical (unpaired) electrons. The van der Waals surface area contributed by atoms with Crippen molar-refractivity contribution < 1.29 is 24.2 Å². The number of likely N-dealkylation sites (N-methyl/N-ethyl adjacent to an activating group) is 1. The second kappa shape index (κ2) is 16.8. The summed E-state index contributed by atoms with van der Waals surface area (Å²) < 4.78 is 6.24. The number of aromatic hydroxyl groups is 1. The number of hydrogen-bond donors (Lipinski definition) is 4. The van der Waals surface area contributed by atoms with Crippen LogP contribution in [0.4, 0.5) is 0 Å². The summed E-state index contributed by atoms with van der Waals surface area (Å²) in [4.78, 5) is 33.6. The molecular weight excluding hydrogens is 697 g/mol. The second-order valence-electron chi connectivity index (χ2n) is 15.7. The summed E-state index contributed by atoms with van der Waals surface area (Å²) in [5.41, 5.74) is 3.07. The maximum atomic E-state index is 13.0. The van der Waals surface area contributed by atoms with E-state index < -0.39 is 5.60 Å². The molecule has 2 aliphatic carbocycles. The summed E-state index contributed by atoms with van der Waals surface area (Å²) in [7, 11) is 2.03. The summed E-state index contributed by atoms with van der Waals surface area (Å²) in [6.07, 6.45) is 11.1. The van der Waals surface area contributed by atoms with Gasteiger partial charge in [0.15, 0.2) is 10.7 Å². The number of benzene rings is 3. The average molecular weight is 751 g/mol. The lowest BCUT2D eigenvalue weighted by Crippen LogP contribution is -2.44. The molecule has 0 saturated heterocycles. The predicted octanol–water partition coefficient (Wildman–Crippen LogP) is 6.99. The number of fused-ring (bicyclic) bond motifs is 3. The first-order valence-corrected chi connectivity index (χ1v) is 20.5. The minimum atomic E-state index is -1.24. The van der Waals surface area contributed by atoms with Gasteiger partial charge in [-0.3, -0.25) is 9.59 Å². The monoisotopic (exact) mass is 750 g/mol. The lowest BCUT2D eigenvalue weighted by molar-refractivity contribution is -0.125. The van der Waals surface area contributed by atoms with Crippen LogP contribution in [0.1, 0.15) is 102 Å². The van der Waals surface area contributed by atoms with E-state index in [9.17, 15) is 19.8 Å². The number of oxazole rings is 1. The fourth-order valence-corrected chi connectivity index (χ4v) is 9.92. The molecular formula is C44H54N4O5S. The second-order valence-corrected chi connectivity index (χ2v) is 16.7. The highest BCUT2D eigenvalue weighted by Crippen LogP contribution is 2.63. The molecule has 4 aromatic rings. The van der Waals surface area contributed by atoms with E-state index in [1.54, 1.807) is 12.3 Å². The van der Waals surface area contributed by atoms with Gasteiger partial charge in [0, 0.05) is 59.3 Å². The number of nitrogens with one attached hydrogen (secondary N) is 2. The quantitative estimate of drug-likeness (QED) is 0.0897. The number of thioether (sulfide) groups is 1. The van der Waals surface area contributed by atoms with Gasteiger partial charge in [0.2, 0.25) is 5.89 Å². The molecule has 2 fully saturated rings. The average Bonchev–Trinajstić information content (AvgIpc) is 3.68. The van der Waals surface area contributed by atoms with Crippen LogP contribution >= 0.6 is 11.8 Å². The van der Waals surface area contributed by atoms with Gasteiger partial charge in [0.05, 0.1) is 6.20 Å². The number of carbonyl (C=O) groups is 2. The summed E-state index contributed by atoms with van der Waals surface area (Å²) in [6.45, 7) is 5.49. The largest absolute Gasteiger partial charge is 0.508 e. The van der Waals surface area contributed by atoms with Crippen molar-refractivity contribution in [1.82, 2.24) is 20.5 Å². The van der Waals surface area contributed by atoms with Crippen LogP contribution in [0.3, 0.4) is 0 Å². The van der Waals surface area contributed by atoms with Crippen LogP contribution in [0.5, 0.6) is 5.75 Å². The van der Waals surface area contributed by atoms with Crippen molar-refractivity contribution in [3.8, 4) is 5.75 Å². The van der Waals surface area contributed by atoms with Gasteiger partial charge in [-0.05, 0) is 93.6 Å². The van der Waals surface area contributed by atoms with E-state index in [0.717, 1.165) is 104 Å². The molecule has 3 aliphatic rings. The van der Waals surface area contributed by atoms with Crippen molar-refractivity contribution in [1.29, 1.82) is 0 Å². The molecule has 2 saturated carbocycles. The van der Waals surface area contributed by atoms with Crippen LogP contribution in [0.15, 0.2) is 82.2 Å². The number of aliphatic hydroxyl groups is 1. The Labute approximate surface area is 323 Å². The third-order valence-electron chi connectivity index (χ3n) is 12.1. The van der Waals surface area contributed by atoms with Gasteiger partial charge in [-0.15, -0.1) is 0 Å². The number of aromatic nitrogens is 1. The minimum absolute atomic E-state index is 0.0739. The van der Waals surface area contributed by atoms with Crippen molar-refractivity contribution in [3.05, 3.63) is 112 Å². The lowest BCUT2D eigenvalue weighted by Gasteiger charge is -2.49. The molecule has 7 rings (SSSR count). The van der Waals surface area contributed by atoms with Crippen molar-refractivity contribution in [3.63, 3.8) is 0 Å². The summed E-state index contributed by atoms with van der Waals surface area (Å²) >= 11 is 1.31. The molecule has 9 nitrogen and oxygen atoms in total. The van der Waals surface area contributed by atoms with Crippen LogP contribution in [0.25, 0.3) is 0 Å². The van der Waals surface area contributed by atoms with E-state index in [4.69, 9.17) is 4.42 Å². The Kier molecular flexibility index (Phi) is 11.9. The lowest BCUT2D eigenvalue weighted by atomic mass is 9.59. The van der Waals surface area contributed by atoms with E-state index in [-0.39, 0.29) is 28.3 Å². The van der Waals surface area contributed by atoms with Crippen molar-refractivity contribution in [2.75, 3.05) is 39.8 Å². The number of hydrogen-bond acceptors (Lipinski definition) is 9. The van der Waals surface area contributed by atoms with Gasteiger partial charge in [-0.25, -0.2) is 4.98 Å². The first kappa shape index (κ1) is 38.3. The zero-order chi connectivity index (χ0) is 37.7. The van der Waals surface area contributed by atoms with Gasteiger partial charge in [0.25, 0.3) is 5.91 Å². The van der Waals surface area contributed by atoms with Crippen molar-refractivity contribution in [2.24, 2.45) is 11.3 Å². The zero-order valence-electron chi connectivity index (χ0n) is 31.6. The van der Waals surface area contributed by atoms with Crippen molar-refractivity contribution in [2.45, 2.75) is 87.5 Å². The highest BCUT2D eigenvalue weighted by atomic mass is 32.2. The highest BCUT2D eigenvalue weighted by Gasteiger charge is 2.54. The molecule has 1 amide bonds. The number of phenols is 1. The predicted molar refractivity (Wildman–Crippen MR) is 212 cm³/mol. The Morgan fingerprint density at radius 2 is 1.78 bits per heavy atom. The standard InChI is InChI=1S/C44H54N4O5S/c1-43-22-18-36(43)38-37(49)17-16-31(39(38)54-42(43)51)20-24-45-23-19-30-10-9-11-32(28-30)40(50)46-25-27-48(2)26-21-35-29-47-41(53-35)44(52,33-12-5-3-6-13-33)34-14-7-4-8-15-34/h3,5-6,9-13,16-17,28-29,34,36,45,49,52H,4,7-8,14-15,18-27H2,1-2H3,(H,46,50)/t36?,43-,44?/m1/s1. The number of rotatable bonds is 16. The van der Waals surface area contributed by atoms with Crippen LogP contribution in [0.2, 0.25) is 0 Å². The zero-order valence-corrected chi connectivity index (χ0v) is 32.4. The van der Waals surface area contributed by atoms with Crippen LogP contribution in [-0.4, -0.2) is 70.9 Å². The Balaban J connectivity index is 0.837. The Bertz CT molecular complexity index is 1930. The molecule has 0 spiro atoms. The van der Waals surface area contributed by atoms with Crippen molar-refractivity contribution >= 4 is 22.8 Å². The molecule has 3 atom stereocenters. The molecule has 0 bridgehead atoms. The summed E-state index contributed by atoms with van der Waals surface area (Å²) in [5, 5.41) is 29.5. The number of phenolic OH excluding ortho intramolecular Hbond substituents is 1. The molecule has 10 heteroatoms. The third-order valence-corrected chi connectivity index (χ3v) is 13.5. The van der Waals surface area contributed by atoms with Crippen LogP contribution in [0, 0.1) is 11.3 Å². The van der Waals surface area contributed by atoms with E-state index in [2.05, 4.69) is 20.5 Å². The summed E-state index contributed by atoms with van der Waals surface area (Å²) in [6, 6.07) is 21.3. The smallest absolute Gasteiger partial charge is 0.251 e. The number of carbonyl (C=O) groups excluding carboxylic acids is 2. The highest BCUT2D eigenvalue weighted by molar-refractivity contribution is 8.14. The normalized spacial score (nSPS) is 20.9. The van der Waals surface area contributed by atoms with Gasteiger partial charge >= 0.3 is 0 Å². The van der Waals surface area contributed by atoms with E-state index in [0.29, 0.717) is 36.7 Å². The van der Waals surface area contributed by atoms with Gasteiger partial charge in [-0.1, -0.05) is 86.5 Å². The molecule has 286 valence electrons. The maximum absolute atomic E-state index is 13.0. The Morgan fingerprint density at radius 3 is 2.56 bits per heavy atom. The van der Waals surface area contributed by atoms with Crippen LogP contribution in [-0.2, 0) is 29.7 Å². The minimum Gasteiger partial charge on any atom is -0.508 e. The molecule has 1 aromatic heterocycles. The Morgan fingerprint density at radius 1 is 0.981 bits per heavy atom. The third kappa shape index (κ3) is 8.03. The molecule has 1 aliphatic heterocycles. The molecule has 54 heavy (non-hydrogen) atoms. The van der Waals surface area contributed by atoms with Gasteiger partial charge in [-0.2, -0.15) is 0 Å². The molecule has 3 aromatic carbocycles. The van der Waals surface area contributed by atoms with Gasteiger partial charge in [0.1, 0.15) is 11.5 Å². The number of amides is 1. The fraction of sp³-hybridized carbons (Fsp3) is 0.477. The summed E-state index contributed by atoms with van der Waals surface area (Å²) in [5.74, 6) is 1.55. The maximum Gasteiger partial charge on any atom is 0.251 e. The topological polar surface area (TPSA) is 128 Å². The molecule has 2 heterocycles. The molecule has 4 N–H and O–H groups in total. The van der Waals surface area contributed by atoms with E-state index in [1.807, 2.05) is 74.6 Å². The van der Waals surface area contributed by atoms with E-state index >= 15 is 0 Å². The molecule has 2 unspecified atom stereocenters. The van der Waals surface area contributed by atoms with E-state index in [1.165, 1.54) is 18.2 Å².